The topological polar surface area (TPSA) is 57.6 Å². The zero-order valence-corrected chi connectivity index (χ0v) is 18.7. The fraction of sp³-hybridized carbons (Fsp3) is 0.440. The van der Waals surface area contributed by atoms with Crippen molar-refractivity contribution in [1.82, 2.24) is 0 Å². The van der Waals surface area contributed by atoms with Crippen molar-refractivity contribution in [3.8, 4) is 0 Å². The van der Waals surface area contributed by atoms with E-state index in [4.69, 9.17) is 0 Å². The van der Waals surface area contributed by atoms with Gasteiger partial charge in [-0.25, -0.2) is 4.79 Å². The molecule has 0 radical (unpaired) electrons. The molecule has 3 rings (SSSR count). The van der Waals surface area contributed by atoms with E-state index < -0.39 is 5.97 Å². The maximum atomic E-state index is 13.5. The number of hydrogen-bond donors (Lipinski definition) is 1. The molecule has 2 aromatic carbocycles. The Morgan fingerprint density at radius 3 is 2.30 bits per heavy atom. The molecule has 5 heteroatoms. The van der Waals surface area contributed by atoms with Crippen LogP contribution in [0.4, 0.5) is 5.69 Å². The molecule has 1 N–H and O–H groups in total. The number of carboxylic acids is 1. The maximum Gasteiger partial charge on any atom is 0.336 e. The van der Waals surface area contributed by atoms with Crippen molar-refractivity contribution in [3.63, 3.8) is 0 Å². The fourth-order valence-electron chi connectivity index (χ4n) is 3.92. The number of carbonyl (C=O) groups is 2. The van der Waals surface area contributed by atoms with Crippen molar-refractivity contribution in [2.45, 2.75) is 62.2 Å². The minimum atomic E-state index is -0.939. The predicted molar refractivity (Wildman–Crippen MR) is 122 cm³/mol. The molecule has 0 aliphatic heterocycles. The molecule has 0 saturated heterocycles. The maximum absolute atomic E-state index is 13.5. The Morgan fingerprint density at radius 1 is 1.00 bits per heavy atom. The first kappa shape index (κ1) is 22.4. The van der Waals surface area contributed by atoms with Gasteiger partial charge in [0.15, 0.2) is 0 Å². The number of aromatic carboxylic acids is 1. The number of amides is 1. The Morgan fingerprint density at radius 2 is 1.63 bits per heavy atom. The molecule has 1 aliphatic carbocycles. The highest BCUT2D eigenvalue weighted by atomic mass is 32.2. The summed E-state index contributed by atoms with van der Waals surface area (Å²) in [4.78, 5) is 28.7. The number of benzene rings is 2. The van der Waals surface area contributed by atoms with E-state index in [-0.39, 0.29) is 17.4 Å². The lowest BCUT2D eigenvalue weighted by atomic mass is 9.88. The summed E-state index contributed by atoms with van der Waals surface area (Å²) in [6.07, 6.45) is 6.33. The first-order chi connectivity index (χ1) is 14.5. The van der Waals surface area contributed by atoms with Gasteiger partial charge in [-0.05, 0) is 49.4 Å². The third-order valence-corrected chi connectivity index (χ3v) is 6.78. The molecule has 0 spiro atoms. The monoisotopic (exact) mass is 425 g/mol. The molecule has 1 saturated carbocycles. The average molecular weight is 426 g/mol. The van der Waals surface area contributed by atoms with Crippen molar-refractivity contribution in [2.75, 3.05) is 11.4 Å². The SMILES string of the molecule is CC(C)CCN(C(=O)C1CCCCC1)c1ccccc1Sc1ccccc1C(=O)O. The lowest BCUT2D eigenvalue weighted by molar-refractivity contribution is -0.123. The Bertz CT molecular complexity index is 874. The molecular weight excluding hydrogens is 394 g/mol. The van der Waals surface area contributed by atoms with Gasteiger partial charge in [-0.15, -0.1) is 0 Å². The normalized spacial score (nSPS) is 14.6. The van der Waals surface area contributed by atoms with E-state index in [0.29, 0.717) is 17.4 Å². The Hall–Kier alpha value is -2.27. The quantitative estimate of drug-likeness (QED) is 0.525. The Balaban J connectivity index is 1.94. The molecular formula is C25H31NO3S. The van der Waals surface area contributed by atoms with E-state index in [0.717, 1.165) is 42.7 Å². The molecule has 0 heterocycles. The van der Waals surface area contributed by atoms with Crippen LogP contribution < -0.4 is 4.90 Å². The molecule has 0 atom stereocenters. The van der Waals surface area contributed by atoms with Crippen LogP contribution in [0.25, 0.3) is 0 Å². The number of rotatable bonds is 8. The zero-order valence-electron chi connectivity index (χ0n) is 17.8. The number of nitrogens with zero attached hydrogens (tertiary/aromatic N) is 1. The van der Waals surface area contributed by atoms with Crippen LogP contribution in [0.2, 0.25) is 0 Å². The van der Waals surface area contributed by atoms with Gasteiger partial charge in [-0.3, -0.25) is 4.79 Å². The number of para-hydroxylation sites is 1. The lowest BCUT2D eigenvalue weighted by Crippen LogP contribution is -2.38. The number of carbonyl (C=O) groups excluding carboxylic acids is 1. The minimum Gasteiger partial charge on any atom is -0.478 e. The van der Waals surface area contributed by atoms with Gasteiger partial charge < -0.3 is 10.0 Å². The first-order valence-electron chi connectivity index (χ1n) is 10.9. The van der Waals surface area contributed by atoms with Crippen molar-refractivity contribution >= 4 is 29.3 Å². The first-order valence-corrected chi connectivity index (χ1v) is 11.7. The van der Waals surface area contributed by atoms with E-state index >= 15 is 0 Å². The summed E-state index contributed by atoms with van der Waals surface area (Å²) < 4.78 is 0. The lowest BCUT2D eigenvalue weighted by Gasteiger charge is -2.31. The second-order valence-corrected chi connectivity index (χ2v) is 9.46. The number of hydrogen-bond acceptors (Lipinski definition) is 3. The molecule has 30 heavy (non-hydrogen) atoms. The van der Waals surface area contributed by atoms with Crippen LogP contribution in [0.1, 0.15) is 62.7 Å². The summed E-state index contributed by atoms with van der Waals surface area (Å²) >= 11 is 1.42. The molecule has 1 fully saturated rings. The molecule has 4 nitrogen and oxygen atoms in total. The molecule has 0 aromatic heterocycles. The highest BCUT2D eigenvalue weighted by Gasteiger charge is 2.28. The van der Waals surface area contributed by atoms with Gasteiger partial charge in [0, 0.05) is 22.3 Å². The highest BCUT2D eigenvalue weighted by Crippen LogP contribution is 2.38. The Labute approximate surface area is 183 Å². The van der Waals surface area contributed by atoms with Crippen molar-refractivity contribution in [3.05, 3.63) is 54.1 Å². The van der Waals surface area contributed by atoms with Crippen LogP contribution in [0, 0.1) is 11.8 Å². The molecule has 160 valence electrons. The molecule has 0 bridgehead atoms. The summed E-state index contributed by atoms with van der Waals surface area (Å²) in [5, 5.41) is 9.55. The van der Waals surface area contributed by atoms with Gasteiger partial charge in [0.1, 0.15) is 0 Å². The largest absolute Gasteiger partial charge is 0.478 e. The fourth-order valence-corrected chi connectivity index (χ4v) is 5.00. The second kappa shape index (κ2) is 10.7. The average Bonchev–Trinajstić information content (AvgIpc) is 2.75. The summed E-state index contributed by atoms with van der Waals surface area (Å²) in [5.41, 5.74) is 1.17. The van der Waals surface area contributed by atoms with Gasteiger partial charge >= 0.3 is 5.97 Å². The Kier molecular flexibility index (Phi) is 7.97. The van der Waals surface area contributed by atoms with E-state index in [9.17, 15) is 14.7 Å². The third kappa shape index (κ3) is 5.66. The van der Waals surface area contributed by atoms with Gasteiger partial charge in [0.05, 0.1) is 11.3 Å². The van der Waals surface area contributed by atoms with Crippen LogP contribution in [0.3, 0.4) is 0 Å². The number of carboxylic acid groups (broad SMARTS) is 1. The van der Waals surface area contributed by atoms with Gasteiger partial charge in [-0.1, -0.05) is 69.1 Å². The van der Waals surface area contributed by atoms with E-state index in [1.54, 1.807) is 12.1 Å². The van der Waals surface area contributed by atoms with Crippen LogP contribution in [-0.2, 0) is 4.79 Å². The molecule has 0 unspecified atom stereocenters. The van der Waals surface area contributed by atoms with Crippen LogP contribution >= 0.6 is 11.8 Å². The predicted octanol–water partition coefficient (Wildman–Crippen LogP) is 6.50. The van der Waals surface area contributed by atoms with Crippen LogP contribution in [-0.4, -0.2) is 23.5 Å². The standard InChI is InChI=1S/C25H31NO3S/c1-18(2)16-17-26(24(27)19-10-4-3-5-11-19)21-13-7-9-15-23(21)30-22-14-8-6-12-20(22)25(28)29/h6-9,12-15,18-19H,3-5,10-11,16-17H2,1-2H3,(H,28,29). The minimum absolute atomic E-state index is 0.0928. The summed E-state index contributed by atoms with van der Waals surface area (Å²) in [6, 6.07) is 14.9. The van der Waals surface area contributed by atoms with E-state index in [1.165, 1.54) is 18.2 Å². The van der Waals surface area contributed by atoms with E-state index in [1.807, 2.05) is 41.3 Å². The van der Waals surface area contributed by atoms with Gasteiger partial charge in [-0.2, -0.15) is 0 Å². The molecule has 2 aromatic rings. The zero-order chi connectivity index (χ0) is 21.5. The molecule has 1 amide bonds. The summed E-state index contributed by atoms with van der Waals surface area (Å²) in [5.74, 6) is -0.130. The van der Waals surface area contributed by atoms with Gasteiger partial charge in [0.25, 0.3) is 0 Å². The van der Waals surface area contributed by atoms with Crippen LogP contribution in [0.5, 0.6) is 0 Å². The third-order valence-electron chi connectivity index (χ3n) is 5.64. The highest BCUT2D eigenvalue weighted by molar-refractivity contribution is 7.99. The van der Waals surface area contributed by atoms with Crippen molar-refractivity contribution in [2.24, 2.45) is 11.8 Å². The smallest absolute Gasteiger partial charge is 0.336 e. The number of anilines is 1. The van der Waals surface area contributed by atoms with Crippen molar-refractivity contribution < 1.29 is 14.7 Å². The van der Waals surface area contributed by atoms with Crippen LogP contribution in [0.15, 0.2) is 58.3 Å². The second-order valence-electron chi connectivity index (χ2n) is 8.38. The summed E-state index contributed by atoms with van der Waals surface area (Å²) in [6.45, 7) is 5.03. The molecule has 1 aliphatic rings. The van der Waals surface area contributed by atoms with Crippen molar-refractivity contribution in [1.29, 1.82) is 0 Å². The van der Waals surface area contributed by atoms with Gasteiger partial charge in [0.2, 0.25) is 5.91 Å². The van der Waals surface area contributed by atoms with E-state index in [2.05, 4.69) is 13.8 Å². The summed E-state index contributed by atoms with van der Waals surface area (Å²) in [7, 11) is 0.